The van der Waals surface area contributed by atoms with Gasteiger partial charge in [0.2, 0.25) is 0 Å². The van der Waals surface area contributed by atoms with E-state index in [-0.39, 0.29) is 25.4 Å². The standard InChI is InChI=1S/C14H19O7P/c1-2-16-11-3-5-12(6-4-11)21-22(15,19-9-13-7-17-13)20-10-14-8-18-14/h3-6,13-14H,2,7-10H2,1H3. The molecule has 3 rings (SSSR count). The van der Waals surface area contributed by atoms with Crippen LogP contribution in [0.4, 0.5) is 0 Å². The molecule has 8 heteroatoms. The van der Waals surface area contributed by atoms with Crippen molar-refractivity contribution >= 4 is 7.82 Å². The van der Waals surface area contributed by atoms with Crippen LogP contribution in [-0.2, 0) is 23.1 Å². The highest BCUT2D eigenvalue weighted by Crippen LogP contribution is 2.50. The molecule has 2 atom stereocenters. The van der Waals surface area contributed by atoms with Gasteiger partial charge in [-0.3, -0.25) is 9.05 Å². The Morgan fingerprint density at radius 1 is 1.05 bits per heavy atom. The molecule has 0 N–H and O–H groups in total. The van der Waals surface area contributed by atoms with E-state index < -0.39 is 7.82 Å². The van der Waals surface area contributed by atoms with E-state index in [2.05, 4.69) is 0 Å². The topological polar surface area (TPSA) is 79.1 Å². The molecule has 7 nitrogen and oxygen atoms in total. The van der Waals surface area contributed by atoms with E-state index in [1.165, 1.54) is 0 Å². The molecular formula is C14H19O7P. The van der Waals surface area contributed by atoms with Crippen molar-refractivity contribution in [2.75, 3.05) is 33.0 Å². The zero-order valence-corrected chi connectivity index (χ0v) is 13.2. The molecule has 1 aromatic carbocycles. The van der Waals surface area contributed by atoms with Gasteiger partial charge in [0.1, 0.15) is 23.7 Å². The lowest BCUT2D eigenvalue weighted by Gasteiger charge is -2.18. The number of ether oxygens (including phenoxy) is 3. The highest BCUT2D eigenvalue weighted by Gasteiger charge is 2.36. The summed E-state index contributed by atoms with van der Waals surface area (Å²) in [4.78, 5) is 0. The second-order valence-corrected chi connectivity index (χ2v) is 6.54. The molecule has 2 heterocycles. The first kappa shape index (κ1) is 15.8. The summed E-state index contributed by atoms with van der Waals surface area (Å²) in [7, 11) is -3.70. The minimum absolute atomic E-state index is 0.0296. The average Bonchev–Trinajstić information content (AvgIpc) is 3.39. The van der Waals surface area contributed by atoms with Crippen LogP contribution in [0.5, 0.6) is 11.5 Å². The molecule has 0 saturated carbocycles. The molecule has 1 aromatic rings. The molecule has 0 spiro atoms. The van der Waals surface area contributed by atoms with Crippen LogP contribution in [0, 0.1) is 0 Å². The molecule has 122 valence electrons. The van der Waals surface area contributed by atoms with E-state index in [1.807, 2.05) is 6.92 Å². The Morgan fingerprint density at radius 3 is 2.00 bits per heavy atom. The van der Waals surface area contributed by atoms with Crippen LogP contribution in [0.15, 0.2) is 24.3 Å². The number of benzene rings is 1. The number of hydrogen-bond donors (Lipinski definition) is 0. The molecule has 0 aromatic heterocycles. The average molecular weight is 330 g/mol. The maximum atomic E-state index is 12.6. The lowest BCUT2D eigenvalue weighted by Crippen LogP contribution is -2.09. The fourth-order valence-corrected chi connectivity index (χ4v) is 2.92. The highest BCUT2D eigenvalue weighted by atomic mass is 31.2. The van der Waals surface area contributed by atoms with Gasteiger partial charge in [-0.05, 0) is 31.2 Å². The molecular weight excluding hydrogens is 311 g/mol. The fraction of sp³-hybridized carbons (Fsp3) is 0.571. The van der Waals surface area contributed by atoms with Gasteiger partial charge in [0, 0.05) is 0 Å². The van der Waals surface area contributed by atoms with Crippen molar-refractivity contribution in [3.8, 4) is 11.5 Å². The first-order chi connectivity index (χ1) is 10.7. The second-order valence-electron chi connectivity index (χ2n) is 4.95. The van der Waals surface area contributed by atoms with Crippen molar-refractivity contribution in [1.82, 2.24) is 0 Å². The Balaban J connectivity index is 1.60. The Bertz CT molecular complexity index is 504. The Hall–Kier alpha value is -1.11. The van der Waals surface area contributed by atoms with Crippen LogP contribution >= 0.6 is 7.82 Å². The maximum absolute atomic E-state index is 12.6. The minimum atomic E-state index is -3.70. The smallest absolute Gasteiger partial charge is 0.494 e. The van der Waals surface area contributed by atoms with Gasteiger partial charge >= 0.3 is 7.82 Å². The van der Waals surface area contributed by atoms with Crippen molar-refractivity contribution < 1.29 is 32.3 Å². The number of rotatable bonds is 10. The molecule has 2 fully saturated rings. The highest BCUT2D eigenvalue weighted by molar-refractivity contribution is 7.48. The van der Waals surface area contributed by atoms with Gasteiger partial charge in [0.25, 0.3) is 0 Å². The van der Waals surface area contributed by atoms with Gasteiger partial charge in [-0.1, -0.05) is 0 Å². The molecule has 0 amide bonds. The predicted molar refractivity (Wildman–Crippen MR) is 77.2 cm³/mol. The largest absolute Gasteiger partial charge is 0.530 e. The van der Waals surface area contributed by atoms with Gasteiger partial charge in [-0.15, -0.1) is 0 Å². The number of phosphoric ester groups is 1. The summed E-state index contributed by atoms with van der Waals surface area (Å²) < 4.78 is 44.1. The Kier molecular flexibility index (Phi) is 5.00. The fourth-order valence-electron chi connectivity index (χ4n) is 1.66. The minimum Gasteiger partial charge on any atom is -0.494 e. The number of phosphoric acid groups is 1. The first-order valence-corrected chi connectivity index (χ1v) is 8.68. The molecule has 2 aliphatic heterocycles. The van der Waals surface area contributed by atoms with E-state index in [0.717, 1.165) is 0 Å². The van der Waals surface area contributed by atoms with E-state index >= 15 is 0 Å². The zero-order valence-electron chi connectivity index (χ0n) is 12.3. The zero-order chi connectivity index (χ0) is 15.4. The van der Waals surface area contributed by atoms with Crippen LogP contribution in [0.3, 0.4) is 0 Å². The summed E-state index contributed by atoms with van der Waals surface area (Å²) in [5, 5.41) is 0. The Morgan fingerprint density at radius 2 is 1.55 bits per heavy atom. The van der Waals surface area contributed by atoms with E-state index in [0.29, 0.717) is 31.3 Å². The summed E-state index contributed by atoms with van der Waals surface area (Å²) in [5.41, 5.74) is 0. The van der Waals surface area contributed by atoms with Gasteiger partial charge in [0.15, 0.2) is 0 Å². The normalized spacial score (nSPS) is 25.3. The van der Waals surface area contributed by atoms with Crippen LogP contribution in [0.2, 0.25) is 0 Å². The van der Waals surface area contributed by atoms with Gasteiger partial charge < -0.3 is 18.7 Å². The molecule has 0 radical (unpaired) electrons. The third kappa shape index (κ3) is 4.97. The lowest BCUT2D eigenvalue weighted by atomic mass is 10.3. The van der Waals surface area contributed by atoms with Gasteiger partial charge in [0.05, 0.1) is 33.0 Å². The monoisotopic (exact) mass is 330 g/mol. The summed E-state index contributed by atoms with van der Waals surface area (Å²) >= 11 is 0. The quantitative estimate of drug-likeness (QED) is 0.481. The van der Waals surface area contributed by atoms with Crippen molar-refractivity contribution in [3.63, 3.8) is 0 Å². The van der Waals surface area contributed by atoms with Crippen LogP contribution in [-0.4, -0.2) is 45.2 Å². The van der Waals surface area contributed by atoms with Crippen LogP contribution in [0.25, 0.3) is 0 Å². The molecule has 22 heavy (non-hydrogen) atoms. The van der Waals surface area contributed by atoms with Crippen molar-refractivity contribution in [1.29, 1.82) is 0 Å². The molecule has 0 bridgehead atoms. The maximum Gasteiger partial charge on any atom is 0.530 e. The van der Waals surface area contributed by atoms with Crippen molar-refractivity contribution in [2.24, 2.45) is 0 Å². The van der Waals surface area contributed by atoms with E-state index in [9.17, 15) is 4.57 Å². The summed E-state index contributed by atoms with van der Waals surface area (Å²) in [5.74, 6) is 1.10. The van der Waals surface area contributed by atoms with Crippen molar-refractivity contribution in [3.05, 3.63) is 24.3 Å². The summed E-state index contributed by atoms with van der Waals surface area (Å²) in [6.45, 7) is 4.05. The number of epoxide rings is 2. The van der Waals surface area contributed by atoms with Crippen LogP contribution in [0.1, 0.15) is 6.92 Å². The van der Waals surface area contributed by atoms with Gasteiger partial charge in [-0.2, -0.15) is 0 Å². The van der Waals surface area contributed by atoms with Crippen molar-refractivity contribution in [2.45, 2.75) is 19.1 Å². The van der Waals surface area contributed by atoms with Crippen LogP contribution < -0.4 is 9.26 Å². The summed E-state index contributed by atoms with van der Waals surface area (Å²) in [6, 6.07) is 6.78. The second kappa shape index (κ2) is 6.98. The van der Waals surface area contributed by atoms with E-state index in [1.54, 1.807) is 24.3 Å². The molecule has 2 unspecified atom stereocenters. The summed E-state index contributed by atoms with van der Waals surface area (Å²) in [6.07, 6.45) is -0.0592. The van der Waals surface area contributed by atoms with E-state index in [4.69, 9.17) is 27.8 Å². The van der Waals surface area contributed by atoms with Gasteiger partial charge in [-0.25, -0.2) is 4.57 Å². The number of hydrogen-bond acceptors (Lipinski definition) is 7. The molecule has 0 aliphatic carbocycles. The Labute approximate surface area is 129 Å². The third-order valence-corrected chi connectivity index (χ3v) is 4.36. The SMILES string of the molecule is CCOc1ccc(OP(=O)(OCC2CO2)OCC2CO2)cc1. The lowest BCUT2D eigenvalue weighted by molar-refractivity contribution is 0.137. The predicted octanol–water partition coefficient (Wildman–Crippen LogP) is 2.40. The first-order valence-electron chi connectivity index (χ1n) is 7.21. The third-order valence-electron chi connectivity index (χ3n) is 2.99. The molecule has 2 aliphatic rings. The molecule has 2 saturated heterocycles.